The third-order valence-corrected chi connectivity index (χ3v) is 3.33. The maximum absolute atomic E-state index is 11.8. The number of pyridine rings is 1. The molecule has 0 aliphatic carbocycles. The van der Waals surface area contributed by atoms with Crippen molar-refractivity contribution in [2.24, 2.45) is 0 Å². The maximum atomic E-state index is 11.8. The number of aromatic nitrogens is 4. The Morgan fingerprint density at radius 3 is 2.95 bits per heavy atom. The van der Waals surface area contributed by atoms with Crippen LogP contribution in [0.5, 0.6) is 0 Å². The molecule has 0 saturated heterocycles. The second kappa shape index (κ2) is 6.83. The van der Waals surface area contributed by atoms with Crippen molar-refractivity contribution in [3.8, 4) is 0 Å². The first-order valence-electron chi connectivity index (χ1n) is 6.85. The Kier molecular flexibility index (Phi) is 4.86. The molecule has 0 spiro atoms. The summed E-state index contributed by atoms with van der Waals surface area (Å²) < 4.78 is 1.69. The number of aryl methyl sites for hydroxylation is 2. The summed E-state index contributed by atoms with van der Waals surface area (Å²) in [6, 6.07) is 0. The Balaban J connectivity index is 1.79. The third-order valence-electron chi connectivity index (χ3n) is 3.33. The number of carbonyl (C=O) groups excluding carboxylic acids is 1. The van der Waals surface area contributed by atoms with E-state index in [2.05, 4.69) is 20.4 Å². The van der Waals surface area contributed by atoms with Gasteiger partial charge in [0.15, 0.2) is 5.43 Å². The van der Waals surface area contributed by atoms with E-state index in [1.54, 1.807) is 31.1 Å². The summed E-state index contributed by atoms with van der Waals surface area (Å²) in [5.74, 6) is -0.0454. The lowest BCUT2D eigenvalue weighted by molar-refractivity contribution is -0.121. The molecule has 0 radical (unpaired) electrons. The van der Waals surface area contributed by atoms with Crippen molar-refractivity contribution in [1.29, 1.82) is 0 Å². The number of nitrogens with one attached hydrogen (secondary N) is 2. The van der Waals surface area contributed by atoms with Gasteiger partial charge in [0.05, 0.1) is 6.54 Å². The molecule has 0 saturated carbocycles. The molecule has 0 aromatic carbocycles. The Bertz CT molecular complexity index is 660. The van der Waals surface area contributed by atoms with Gasteiger partial charge in [0.2, 0.25) is 5.91 Å². The van der Waals surface area contributed by atoms with Crippen LogP contribution in [0.2, 0.25) is 0 Å². The van der Waals surface area contributed by atoms with E-state index in [1.807, 2.05) is 0 Å². The van der Waals surface area contributed by atoms with Crippen LogP contribution in [0.15, 0.2) is 23.6 Å². The van der Waals surface area contributed by atoms with Crippen LogP contribution in [0.4, 0.5) is 0 Å². The van der Waals surface area contributed by atoms with E-state index in [1.165, 1.54) is 6.33 Å². The van der Waals surface area contributed by atoms with Gasteiger partial charge >= 0.3 is 0 Å². The average molecular weight is 289 g/mol. The molecule has 0 fully saturated rings. The van der Waals surface area contributed by atoms with Crippen LogP contribution in [0.3, 0.4) is 0 Å². The van der Waals surface area contributed by atoms with E-state index in [-0.39, 0.29) is 11.3 Å². The van der Waals surface area contributed by atoms with Gasteiger partial charge in [-0.2, -0.15) is 5.10 Å². The number of hydrogen-bond donors (Lipinski definition) is 2. The minimum absolute atomic E-state index is 0.0178. The summed E-state index contributed by atoms with van der Waals surface area (Å²) >= 11 is 0. The van der Waals surface area contributed by atoms with E-state index in [4.69, 9.17) is 0 Å². The molecule has 0 atom stereocenters. The molecule has 0 aliphatic rings. The minimum atomic E-state index is -0.0454. The maximum Gasteiger partial charge on any atom is 0.220 e. The number of carbonyl (C=O) groups is 1. The molecule has 2 N–H and O–H groups in total. The van der Waals surface area contributed by atoms with Crippen LogP contribution in [-0.4, -0.2) is 25.7 Å². The van der Waals surface area contributed by atoms with Gasteiger partial charge in [-0.25, -0.2) is 4.98 Å². The van der Waals surface area contributed by atoms with Crippen molar-refractivity contribution in [3.63, 3.8) is 0 Å². The fourth-order valence-electron chi connectivity index (χ4n) is 2.01. The molecule has 0 bridgehead atoms. The molecule has 1 amide bonds. The number of amides is 1. The van der Waals surface area contributed by atoms with Crippen LogP contribution >= 0.6 is 0 Å². The zero-order chi connectivity index (χ0) is 15.2. The number of H-pyrrole nitrogens is 1. The summed E-state index contributed by atoms with van der Waals surface area (Å²) in [6.07, 6.45) is 5.87. The number of aromatic amines is 1. The first-order valence-corrected chi connectivity index (χ1v) is 6.85. The van der Waals surface area contributed by atoms with Gasteiger partial charge in [-0.05, 0) is 20.3 Å². The lowest BCUT2D eigenvalue weighted by Crippen LogP contribution is -2.25. The van der Waals surface area contributed by atoms with Gasteiger partial charge in [0, 0.05) is 36.0 Å². The Morgan fingerprint density at radius 1 is 1.43 bits per heavy atom. The summed E-state index contributed by atoms with van der Waals surface area (Å²) in [5, 5.41) is 6.78. The van der Waals surface area contributed by atoms with Crippen molar-refractivity contribution < 1.29 is 4.79 Å². The highest BCUT2D eigenvalue weighted by Gasteiger charge is 2.07. The molecular weight excluding hydrogens is 270 g/mol. The van der Waals surface area contributed by atoms with E-state index in [0.29, 0.717) is 37.1 Å². The number of hydrogen-bond acceptors (Lipinski definition) is 4. The summed E-state index contributed by atoms with van der Waals surface area (Å²) in [4.78, 5) is 30.4. The highest BCUT2D eigenvalue weighted by atomic mass is 16.1. The van der Waals surface area contributed by atoms with Crippen molar-refractivity contribution in [3.05, 3.63) is 45.9 Å². The van der Waals surface area contributed by atoms with Crippen LogP contribution in [0, 0.1) is 13.8 Å². The van der Waals surface area contributed by atoms with E-state index < -0.39 is 0 Å². The number of nitrogens with zero attached hydrogens (tertiary/aromatic N) is 3. The van der Waals surface area contributed by atoms with E-state index in [0.717, 1.165) is 5.69 Å². The molecular formula is C14H19N5O2. The minimum Gasteiger partial charge on any atom is -0.363 e. The van der Waals surface area contributed by atoms with Crippen molar-refractivity contribution >= 4 is 5.91 Å². The van der Waals surface area contributed by atoms with E-state index >= 15 is 0 Å². The Morgan fingerprint density at radius 2 is 2.24 bits per heavy atom. The van der Waals surface area contributed by atoms with Gasteiger partial charge in [-0.3, -0.25) is 14.3 Å². The highest BCUT2D eigenvalue weighted by Crippen LogP contribution is 2.01. The molecule has 2 rings (SSSR count). The van der Waals surface area contributed by atoms with Gasteiger partial charge in [-0.15, -0.1) is 0 Å². The molecule has 0 aliphatic heterocycles. The van der Waals surface area contributed by atoms with Crippen LogP contribution in [0.1, 0.15) is 29.7 Å². The number of rotatable bonds is 6. The normalized spacial score (nSPS) is 10.6. The topological polar surface area (TPSA) is 92.7 Å². The van der Waals surface area contributed by atoms with Gasteiger partial charge in [0.1, 0.15) is 12.7 Å². The fraction of sp³-hybridized carbons (Fsp3) is 0.429. The molecule has 2 aromatic rings. The van der Waals surface area contributed by atoms with Crippen LogP contribution < -0.4 is 10.7 Å². The predicted octanol–water partition coefficient (Wildman–Crippen LogP) is 0.680. The Labute approximate surface area is 122 Å². The molecule has 21 heavy (non-hydrogen) atoms. The molecule has 2 aromatic heterocycles. The zero-order valence-corrected chi connectivity index (χ0v) is 12.2. The standard InChI is InChI=1S/C14H19N5O2/c1-10-6-16-12(11(2)14(10)21)7-17-13(20)4-3-5-19-9-15-8-18-19/h6,8-9H,3-5,7H2,1-2H3,(H,16,21)(H,17,20). The average Bonchev–Trinajstić information content (AvgIpc) is 2.97. The highest BCUT2D eigenvalue weighted by molar-refractivity contribution is 5.75. The predicted molar refractivity (Wildman–Crippen MR) is 77.6 cm³/mol. The zero-order valence-electron chi connectivity index (χ0n) is 12.2. The SMILES string of the molecule is Cc1c[nH]c(CNC(=O)CCCn2cncn2)c(C)c1=O. The van der Waals surface area contributed by atoms with Crippen molar-refractivity contribution in [2.75, 3.05) is 0 Å². The smallest absolute Gasteiger partial charge is 0.220 e. The van der Waals surface area contributed by atoms with Gasteiger partial charge in [0.25, 0.3) is 0 Å². The first-order chi connectivity index (χ1) is 10.1. The summed E-state index contributed by atoms with van der Waals surface area (Å²) in [7, 11) is 0. The lowest BCUT2D eigenvalue weighted by atomic mass is 10.1. The second-order valence-electron chi connectivity index (χ2n) is 4.94. The van der Waals surface area contributed by atoms with Gasteiger partial charge < -0.3 is 10.3 Å². The van der Waals surface area contributed by atoms with Crippen LogP contribution in [-0.2, 0) is 17.9 Å². The second-order valence-corrected chi connectivity index (χ2v) is 4.94. The molecule has 7 heteroatoms. The third kappa shape index (κ3) is 4.01. The molecule has 112 valence electrons. The van der Waals surface area contributed by atoms with E-state index in [9.17, 15) is 9.59 Å². The summed E-state index contributed by atoms with van der Waals surface area (Å²) in [6.45, 7) is 4.52. The quantitative estimate of drug-likeness (QED) is 0.818. The first kappa shape index (κ1) is 15.0. The van der Waals surface area contributed by atoms with Crippen molar-refractivity contribution in [2.45, 2.75) is 39.8 Å². The monoisotopic (exact) mass is 289 g/mol. The van der Waals surface area contributed by atoms with Crippen molar-refractivity contribution in [1.82, 2.24) is 25.1 Å². The molecule has 2 heterocycles. The Hall–Kier alpha value is -2.44. The van der Waals surface area contributed by atoms with Gasteiger partial charge in [-0.1, -0.05) is 0 Å². The fourth-order valence-corrected chi connectivity index (χ4v) is 2.01. The largest absolute Gasteiger partial charge is 0.363 e. The lowest BCUT2D eigenvalue weighted by Gasteiger charge is -2.08. The molecule has 0 unspecified atom stereocenters. The summed E-state index contributed by atoms with van der Waals surface area (Å²) in [5.41, 5.74) is 2.09. The molecule has 7 nitrogen and oxygen atoms in total. The van der Waals surface area contributed by atoms with Crippen LogP contribution in [0.25, 0.3) is 0 Å².